The van der Waals surface area contributed by atoms with Crippen molar-refractivity contribution in [2.24, 2.45) is 0 Å². The number of carbonyl (C=O) groups is 1. The molecule has 1 heterocycles. The van der Waals surface area contributed by atoms with Crippen LogP contribution in [0.1, 0.15) is 35.7 Å². The summed E-state index contributed by atoms with van der Waals surface area (Å²) in [6, 6.07) is 15.3. The van der Waals surface area contributed by atoms with Crippen LogP contribution in [0, 0.1) is 0 Å². The van der Waals surface area contributed by atoms with E-state index in [1.807, 2.05) is 49.4 Å². The number of nitrogens with one attached hydrogen (secondary N) is 1. The summed E-state index contributed by atoms with van der Waals surface area (Å²) in [6.07, 6.45) is 1.34. The minimum absolute atomic E-state index is 0.0358. The zero-order chi connectivity index (χ0) is 16.9. The van der Waals surface area contributed by atoms with Crippen LogP contribution in [0.3, 0.4) is 0 Å². The first-order valence-electron chi connectivity index (χ1n) is 8.59. The Morgan fingerprint density at radius 2 is 1.83 bits per heavy atom. The minimum Gasteiger partial charge on any atom is -0.393 e. The second kappa shape index (κ2) is 7.49. The molecule has 0 bridgehead atoms. The van der Waals surface area contributed by atoms with Gasteiger partial charge in [-0.1, -0.05) is 30.3 Å². The lowest BCUT2D eigenvalue weighted by molar-refractivity contribution is 0.103. The van der Waals surface area contributed by atoms with Crippen molar-refractivity contribution in [1.29, 1.82) is 0 Å². The molecule has 1 aliphatic rings. The van der Waals surface area contributed by atoms with Gasteiger partial charge in [-0.25, -0.2) is 0 Å². The van der Waals surface area contributed by atoms with Crippen molar-refractivity contribution < 1.29 is 9.90 Å². The first kappa shape index (κ1) is 16.5. The van der Waals surface area contributed by atoms with E-state index in [1.54, 1.807) is 0 Å². The standard InChI is InChI=1S/C20H24N2O2/c1-2-21-17-12-16(20(24)15-6-4-3-5-7-15)13-18(14-17)22-10-8-19(23)9-11-22/h3-7,12-14,19,21,23H,2,8-11H2,1H3. The summed E-state index contributed by atoms with van der Waals surface area (Å²) in [5.74, 6) is 0.0358. The molecule has 1 aliphatic heterocycles. The average Bonchev–Trinajstić information content (AvgIpc) is 2.62. The highest BCUT2D eigenvalue weighted by Gasteiger charge is 2.19. The zero-order valence-electron chi connectivity index (χ0n) is 14.0. The number of aliphatic hydroxyl groups is 1. The molecule has 24 heavy (non-hydrogen) atoms. The highest BCUT2D eigenvalue weighted by molar-refractivity contribution is 6.10. The molecule has 1 fully saturated rings. The molecule has 4 nitrogen and oxygen atoms in total. The number of aliphatic hydroxyl groups excluding tert-OH is 1. The molecule has 0 spiro atoms. The largest absolute Gasteiger partial charge is 0.393 e. The normalized spacial score (nSPS) is 15.3. The number of rotatable bonds is 5. The number of ketones is 1. The van der Waals surface area contributed by atoms with Crippen molar-refractivity contribution in [2.45, 2.75) is 25.9 Å². The van der Waals surface area contributed by atoms with E-state index in [0.29, 0.717) is 11.1 Å². The molecule has 0 aliphatic carbocycles. The molecule has 0 saturated carbocycles. The van der Waals surface area contributed by atoms with Gasteiger partial charge in [-0.2, -0.15) is 0 Å². The van der Waals surface area contributed by atoms with Gasteiger partial charge in [0.2, 0.25) is 0 Å². The van der Waals surface area contributed by atoms with Crippen LogP contribution in [0.2, 0.25) is 0 Å². The van der Waals surface area contributed by atoms with Crippen molar-refractivity contribution in [3.05, 3.63) is 59.7 Å². The summed E-state index contributed by atoms with van der Waals surface area (Å²) < 4.78 is 0. The lowest BCUT2D eigenvalue weighted by Crippen LogP contribution is -2.35. The van der Waals surface area contributed by atoms with Gasteiger partial charge in [0.1, 0.15) is 0 Å². The number of hydrogen-bond acceptors (Lipinski definition) is 4. The number of piperidine rings is 1. The predicted octanol–water partition coefficient (Wildman–Crippen LogP) is 3.31. The fourth-order valence-corrected chi connectivity index (χ4v) is 3.11. The summed E-state index contributed by atoms with van der Waals surface area (Å²) in [6.45, 7) is 4.48. The third-order valence-electron chi connectivity index (χ3n) is 4.43. The molecule has 4 heteroatoms. The van der Waals surface area contributed by atoms with E-state index in [-0.39, 0.29) is 11.9 Å². The first-order chi connectivity index (χ1) is 11.7. The molecule has 0 atom stereocenters. The van der Waals surface area contributed by atoms with Crippen LogP contribution in [0.25, 0.3) is 0 Å². The summed E-state index contributed by atoms with van der Waals surface area (Å²) in [5, 5.41) is 13.0. The quantitative estimate of drug-likeness (QED) is 0.829. The zero-order valence-corrected chi connectivity index (χ0v) is 14.0. The van der Waals surface area contributed by atoms with Gasteiger partial charge >= 0.3 is 0 Å². The minimum atomic E-state index is -0.205. The van der Waals surface area contributed by atoms with E-state index < -0.39 is 0 Å². The van der Waals surface area contributed by atoms with Gasteiger partial charge in [-0.3, -0.25) is 4.79 Å². The van der Waals surface area contributed by atoms with Crippen LogP contribution in [0.5, 0.6) is 0 Å². The molecule has 0 amide bonds. The van der Waals surface area contributed by atoms with Crippen molar-refractivity contribution >= 4 is 17.2 Å². The molecule has 2 N–H and O–H groups in total. The Labute approximate surface area is 143 Å². The van der Waals surface area contributed by atoms with E-state index in [2.05, 4.69) is 16.3 Å². The summed E-state index contributed by atoms with van der Waals surface area (Å²) in [5.41, 5.74) is 3.40. The monoisotopic (exact) mass is 324 g/mol. The predicted molar refractivity (Wildman–Crippen MR) is 97.9 cm³/mol. The summed E-state index contributed by atoms with van der Waals surface area (Å²) in [7, 11) is 0. The fraction of sp³-hybridized carbons (Fsp3) is 0.350. The topological polar surface area (TPSA) is 52.6 Å². The van der Waals surface area contributed by atoms with Gasteiger partial charge in [0.25, 0.3) is 0 Å². The van der Waals surface area contributed by atoms with Gasteiger partial charge in [-0.15, -0.1) is 0 Å². The maximum atomic E-state index is 12.8. The van der Waals surface area contributed by atoms with Gasteiger partial charge in [0.15, 0.2) is 5.78 Å². The smallest absolute Gasteiger partial charge is 0.193 e. The third kappa shape index (κ3) is 3.77. The fourth-order valence-electron chi connectivity index (χ4n) is 3.11. The molecule has 0 unspecified atom stereocenters. The Morgan fingerprint density at radius 3 is 2.50 bits per heavy atom. The number of benzene rings is 2. The van der Waals surface area contributed by atoms with E-state index in [1.165, 1.54) is 0 Å². The Morgan fingerprint density at radius 1 is 1.12 bits per heavy atom. The summed E-state index contributed by atoms with van der Waals surface area (Å²) in [4.78, 5) is 15.0. The second-order valence-corrected chi connectivity index (χ2v) is 6.21. The lowest BCUT2D eigenvalue weighted by atomic mass is 10.0. The van der Waals surface area contributed by atoms with Crippen LogP contribution < -0.4 is 10.2 Å². The first-order valence-corrected chi connectivity index (χ1v) is 8.59. The molecule has 2 aromatic rings. The SMILES string of the molecule is CCNc1cc(C(=O)c2ccccc2)cc(N2CCC(O)CC2)c1. The number of hydrogen-bond donors (Lipinski definition) is 2. The van der Waals surface area contributed by atoms with Crippen molar-refractivity contribution in [3.8, 4) is 0 Å². The van der Waals surface area contributed by atoms with E-state index in [0.717, 1.165) is 43.9 Å². The molecule has 3 rings (SSSR count). The maximum absolute atomic E-state index is 12.8. The lowest BCUT2D eigenvalue weighted by Gasteiger charge is -2.32. The number of nitrogens with zero attached hydrogens (tertiary/aromatic N) is 1. The Hall–Kier alpha value is -2.33. The molecular weight excluding hydrogens is 300 g/mol. The maximum Gasteiger partial charge on any atom is 0.193 e. The molecule has 126 valence electrons. The van der Waals surface area contributed by atoms with Gasteiger partial charge < -0.3 is 15.3 Å². The van der Waals surface area contributed by atoms with Crippen LogP contribution in [0.4, 0.5) is 11.4 Å². The molecule has 0 radical (unpaired) electrons. The number of carbonyl (C=O) groups excluding carboxylic acids is 1. The van der Waals surface area contributed by atoms with E-state index in [4.69, 9.17) is 0 Å². The molecule has 1 saturated heterocycles. The number of anilines is 2. The van der Waals surface area contributed by atoms with Gasteiger partial charge in [-0.05, 0) is 38.0 Å². The Kier molecular flexibility index (Phi) is 5.16. The molecule has 2 aromatic carbocycles. The van der Waals surface area contributed by atoms with Crippen LogP contribution in [-0.4, -0.2) is 36.6 Å². The van der Waals surface area contributed by atoms with Crippen molar-refractivity contribution in [3.63, 3.8) is 0 Å². The molecule has 0 aromatic heterocycles. The van der Waals surface area contributed by atoms with Crippen molar-refractivity contribution in [1.82, 2.24) is 0 Å². The Balaban J connectivity index is 1.92. The second-order valence-electron chi connectivity index (χ2n) is 6.21. The van der Waals surface area contributed by atoms with Crippen molar-refractivity contribution in [2.75, 3.05) is 29.9 Å². The summed E-state index contributed by atoms with van der Waals surface area (Å²) >= 11 is 0. The highest BCUT2D eigenvalue weighted by Crippen LogP contribution is 2.27. The average molecular weight is 324 g/mol. The highest BCUT2D eigenvalue weighted by atomic mass is 16.3. The van der Waals surface area contributed by atoms with Gasteiger partial charge in [0, 0.05) is 42.1 Å². The third-order valence-corrected chi connectivity index (χ3v) is 4.43. The molecular formula is C20H24N2O2. The van der Waals surface area contributed by atoms with E-state index >= 15 is 0 Å². The Bertz CT molecular complexity index is 692. The van der Waals surface area contributed by atoms with Crippen LogP contribution in [0.15, 0.2) is 48.5 Å². The van der Waals surface area contributed by atoms with Gasteiger partial charge in [0.05, 0.1) is 6.10 Å². The van der Waals surface area contributed by atoms with E-state index in [9.17, 15) is 9.90 Å². The van der Waals surface area contributed by atoms with Crippen LogP contribution >= 0.6 is 0 Å². The van der Waals surface area contributed by atoms with Crippen LogP contribution in [-0.2, 0) is 0 Å².